The third-order valence-corrected chi connectivity index (χ3v) is 4.68. The first kappa shape index (κ1) is 14.0. The zero-order valence-corrected chi connectivity index (χ0v) is 12.4. The molecule has 98 valence electrons. The molecule has 4 radical (unpaired) electrons. The van der Waals surface area contributed by atoms with E-state index in [4.69, 9.17) is 9.85 Å². The number of rotatable bonds is 8. The number of primary amides is 1. The Morgan fingerprint density at radius 2 is 1.68 bits per heavy atom. The average Bonchev–Trinajstić information content (AvgIpc) is 3.11. The van der Waals surface area contributed by atoms with E-state index in [1.54, 1.807) is 4.90 Å². The van der Waals surface area contributed by atoms with Crippen LogP contribution in [0.4, 0.5) is 11.4 Å². The molecule has 0 atom stereocenters. The number of fused-ring (bicyclic) bond motifs is 1. The van der Waals surface area contributed by atoms with E-state index in [0.29, 0.717) is 38.4 Å². The van der Waals surface area contributed by atoms with Crippen molar-refractivity contribution in [3.05, 3.63) is 24.3 Å². The van der Waals surface area contributed by atoms with Gasteiger partial charge in [0.05, 0.1) is 11.4 Å². The molecule has 1 aliphatic heterocycles. The molecule has 0 spiro atoms. The van der Waals surface area contributed by atoms with Gasteiger partial charge in [0.15, 0.2) is 0 Å². The molecule has 0 saturated heterocycles. The van der Waals surface area contributed by atoms with Crippen LogP contribution in [0.5, 0.6) is 0 Å². The van der Waals surface area contributed by atoms with Crippen molar-refractivity contribution in [2.45, 2.75) is 24.9 Å². The van der Waals surface area contributed by atoms with Gasteiger partial charge in [-0.25, -0.2) is 0 Å². The standard InChI is InChI=1S/C12H14N2O3Si2/c13-11(15)5-7-18-17-19-8-6-12(16)14-9-3-1-2-4-10(9)14/h1-4H,5-8H2,(H2,13,15). The van der Waals surface area contributed by atoms with Gasteiger partial charge in [-0.2, -0.15) is 0 Å². The lowest BCUT2D eigenvalue weighted by Gasteiger charge is -2.02. The van der Waals surface area contributed by atoms with Gasteiger partial charge in [0.2, 0.25) is 31.3 Å². The average molecular weight is 290 g/mol. The lowest BCUT2D eigenvalue weighted by atomic mass is 10.4. The number of para-hydroxylation sites is 2. The first-order chi connectivity index (χ1) is 9.20. The van der Waals surface area contributed by atoms with Crippen LogP contribution in [0.15, 0.2) is 24.3 Å². The number of amides is 2. The summed E-state index contributed by atoms with van der Waals surface area (Å²) in [4.78, 5) is 24.1. The predicted octanol–water partition coefficient (Wildman–Crippen LogP) is 1.02. The third kappa shape index (κ3) is 4.01. The molecule has 0 aliphatic carbocycles. The van der Waals surface area contributed by atoms with Gasteiger partial charge < -0.3 is 9.85 Å². The molecule has 2 N–H and O–H groups in total. The summed E-state index contributed by atoms with van der Waals surface area (Å²) in [6, 6.07) is 9.14. The Hall–Kier alpha value is -1.45. The Balaban J connectivity index is 1.53. The van der Waals surface area contributed by atoms with E-state index in [-0.39, 0.29) is 11.8 Å². The van der Waals surface area contributed by atoms with E-state index in [9.17, 15) is 9.59 Å². The van der Waals surface area contributed by atoms with Crippen molar-refractivity contribution in [1.82, 2.24) is 0 Å². The fraction of sp³-hybridized carbons (Fsp3) is 0.333. The molecule has 0 unspecified atom stereocenters. The van der Waals surface area contributed by atoms with E-state index in [2.05, 4.69) is 0 Å². The van der Waals surface area contributed by atoms with Crippen molar-refractivity contribution >= 4 is 42.7 Å². The van der Waals surface area contributed by atoms with Crippen molar-refractivity contribution in [3.63, 3.8) is 0 Å². The van der Waals surface area contributed by atoms with E-state index >= 15 is 0 Å². The minimum Gasteiger partial charge on any atom is -0.457 e. The summed E-state index contributed by atoms with van der Waals surface area (Å²) in [6.07, 6.45) is 0.859. The molecule has 1 aromatic rings. The van der Waals surface area contributed by atoms with Crippen LogP contribution in [0.3, 0.4) is 0 Å². The van der Waals surface area contributed by atoms with Crippen LogP contribution < -0.4 is 10.6 Å². The van der Waals surface area contributed by atoms with E-state index < -0.39 is 0 Å². The van der Waals surface area contributed by atoms with Crippen LogP contribution in [0.1, 0.15) is 12.8 Å². The number of carbonyl (C=O) groups is 2. The molecular weight excluding hydrogens is 276 g/mol. The molecule has 2 amide bonds. The Bertz CT molecular complexity index is 459. The molecule has 1 aromatic carbocycles. The van der Waals surface area contributed by atoms with Crippen LogP contribution >= 0.6 is 0 Å². The maximum atomic E-state index is 11.9. The maximum Gasteiger partial charge on any atom is 0.231 e. The van der Waals surface area contributed by atoms with Gasteiger partial charge in [0.25, 0.3) is 0 Å². The van der Waals surface area contributed by atoms with Gasteiger partial charge in [0, 0.05) is 12.8 Å². The molecule has 0 fully saturated rings. The van der Waals surface area contributed by atoms with Crippen molar-refractivity contribution in [1.29, 1.82) is 0 Å². The van der Waals surface area contributed by atoms with Crippen molar-refractivity contribution < 1.29 is 13.7 Å². The van der Waals surface area contributed by atoms with Gasteiger partial charge in [-0.05, 0) is 24.2 Å². The summed E-state index contributed by atoms with van der Waals surface area (Å²) in [7, 11) is 0.601. The molecular formula is C12H14N2O3Si2. The summed E-state index contributed by atoms with van der Waals surface area (Å²) in [5, 5.41) is 0. The lowest BCUT2D eigenvalue weighted by Crippen LogP contribution is -2.15. The largest absolute Gasteiger partial charge is 0.457 e. The highest BCUT2D eigenvalue weighted by atomic mass is 28.3. The molecule has 1 heterocycles. The molecule has 7 heteroatoms. The number of hydrogen-bond donors (Lipinski definition) is 1. The fourth-order valence-corrected chi connectivity index (χ4v) is 3.56. The maximum absolute atomic E-state index is 11.9. The minimum absolute atomic E-state index is 0.123. The van der Waals surface area contributed by atoms with E-state index in [1.165, 1.54) is 0 Å². The van der Waals surface area contributed by atoms with E-state index in [1.807, 2.05) is 24.3 Å². The molecule has 0 aromatic heterocycles. The second-order valence-electron chi connectivity index (χ2n) is 4.07. The zero-order chi connectivity index (χ0) is 13.7. The topological polar surface area (TPSA) is 72.4 Å². The van der Waals surface area contributed by atoms with Crippen LogP contribution in [0, 0.1) is 0 Å². The molecule has 5 nitrogen and oxygen atoms in total. The third-order valence-electron chi connectivity index (χ3n) is 2.62. The Labute approximate surface area is 117 Å². The molecule has 0 saturated carbocycles. The highest BCUT2D eigenvalue weighted by molar-refractivity contribution is 6.43. The summed E-state index contributed by atoms with van der Waals surface area (Å²) in [5.41, 5.74) is 7.05. The van der Waals surface area contributed by atoms with Crippen molar-refractivity contribution in [2.24, 2.45) is 5.73 Å². The quantitative estimate of drug-likeness (QED) is 0.441. The fourth-order valence-electron chi connectivity index (χ4n) is 1.67. The number of nitrogens with zero attached hydrogens (tertiary/aromatic N) is 1. The molecule has 2 rings (SSSR count). The number of benzene rings is 1. The van der Waals surface area contributed by atoms with Crippen molar-refractivity contribution in [3.8, 4) is 0 Å². The van der Waals surface area contributed by atoms with Gasteiger partial charge in [-0.3, -0.25) is 14.5 Å². The second kappa shape index (κ2) is 6.64. The smallest absolute Gasteiger partial charge is 0.231 e. The van der Waals surface area contributed by atoms with Crippen LogP contribution in [-0.4, -0.2) is 31.3 Å². The molecule has 0 bridgehead atoms. The Kier molecular flexibility index (Phi) is 4.89. The lowest BCUT2D eigenvalue weighted by molar-refractivity contribution is -0.118. The number of anilines is 2. The molecule has 1 aliphatic rings. The number of nitrogens with two attached hydrogens (primary N) is 1. The minimum atomic E-state index is -0.297. The Morgan fingerprint density at radius 1 is 1.11 bits per heavy atom. The van der Waals surface area contributed by atoms with Gasteiger partial charge in [-0.1, -0.05) is 12.1 Å². The van der Waals surface area contributed by atoms with Crippen LogP contribution in [0.25, 0.3) is 0 Å². The summed E-state index contributed by atoms with van der Waals surface area (Å²) in [5.74, 6) is -0.174. The SMILES string of the molecule is NC(=O)CC[Si]O[Si]CCC(=O)N1c2ccccc21. The highest BCUT2D eigenvalue weighted by Crippen LogP contribution is 2.47. The normalized spacial score (nSPS) is 12.1. The summed E-state index contributed by atoms with van der Waals surface area (Å²) < 4.78 is 5.39. The first-order valence-electron chi connectivity index (χ1n) is 6.02. The monoisotopic (exact) mass is 290 g/mol. The van der Waals surface area contributed by atoms with Gasteiger partial charge in [-0.15, -0.1) is 0 Å². The van der Waals surface area contributed by atoms with E-state index in [0.717, 1.165) is 17.4 Å². The van der Waals surface area contributed by atoms with Crippen LogP contribution in [-0.2, 0) is 13.7 Å². The summed E-state index contributed by atoms with van der Waals surface area (Å²) in [6.45, 7) is 0. The Morgan fingerprint density at radius 3 is 2.26 bits per heavy atom. The number of hydrogen-bond acceptors (Lipinski definition) is 3. The van der Waals surface area contributed by atoms with Gasteiger partial charge in [0.1, 0.15) is 0 Å². The zero-order valence-electron chi connectivity index (χ0n) is 10.4. The second-order valence-corrected chi connectivity index (χ2v) is 6.47. The highest BCUT2D eigenvalue weighted by Gasteiger charge is 2.33. The van der Waals surface area contributed by atoms with Crippen LogP contribution in [0.2, 0.25) is 12.1 Å². The van der Waals surface area contributed by atoms with Gasteiger partial charge >= 0.3 is 0 Å². The summed E-state index contributed by atoms with van der Waals surface area (Å²) >= 11 is 0. The number of carbonyl (C=O) groups excluding carboxylic acids is 2. The predicted molar refractivity (Wildman–Crippen MR) is 74.2 cm³/mol. The molecule has 19 heavy (non-hydrogen) atoms. The van der Waals surface area contributed by atoms with Crippen molar-refractivity contribution in [2.75, 3.05) is 4.90 Å². The first-order valence-corrected chi connectivity index (χ1v) is 8.25.